The van der Waals surface area contributed by atoms with E-state index in [1.54, 1.807) is 14.0 Å². The predicted molar refractivity (Wildman–Crippen MR) is 142 cm³/mol. The van der Waals surface area contributed by atoms with Gasteiger partial charge in [-0.25, -0.2) is 9.59 Å². The van der Waals surface area contributed by atoms with E-state index in [0.29, 0.717) is 43.0 Å². The quantitative estimate of drug-likeness (QED) is 0.607. The maximum atomic E-state index is 13.3. The van der Waals surface area contributed by atoms with Crippen molar-refractivity contribution < 1.29 is 19.1 Å². The second-order valence-corrected chi connectivity index (χ2v) is 9.83. The summed E-state index contributed by atoms with van der Waals surface area (Å²) in [7, 11) is 1.68. The van der Waals surface area contributed by atoms with Crippen molar-refractivity contribution >= 4 is 17.9 Å². The van der Waals surface area contributed by atoms with Crippen molar-refractivity contribution in [2.24, 2.45) is 0 Å². The number of esters is 1. The van der Waals surface area contributed by atoms with Crippen molar-refractivity contribution in [2.75, 3.05) is 39.8 Å². The molecule has 2 atom stereocenters. The number of hydrogen-bond acceptors (Lipinski definition) is 5. The zero-order valence-corrected chi connectivity index (χ0v) is 22.3. The second kappa shape index (κ2) is 11.2. The Labute approximate surface area is 218 Å². The minimum absolute atomic E-state index is 0.0170. The number of ether oxygens (including phenoxy) is 1. The summed E-state index contributed by atoms with van der Waals surface area (Å²) in [5.41, 5.74) is 4.68. The summed E-state index contributed by atoms with van der Waals surface area (Å²) >= 11 is 0. The van der Waals surface area contributed by atoms with E-state index >= 15 is 0 Å². The molecule has 2 aromatic rings. The lowest BCUT2D eigenvalue weighted by atomic mass is 9.90. The fourth-order valence-electron chi connectivity index (χ4n) is 5.14. The lowest BCUT2D eigenvalue weighted by molar-refractivity contribution is -0.139. The van der Waals surface area contributed by atoms with Crippen LogP contribution in [0.1, 0.15) is 46.9 Å². The van der Waals surface area contributed by atoms with E-state index < -0.39 is 12.0 Å². The number of hydrogen-bond donors (Lipinski definition) is 1. The van der Waals surface area contributed by atoms with E-state index in [2.05, 4.69) is 10.2 Å². The van der Waals surface area contributed by atoms with Gasteiger partial charge in [0.05, 0.1) is 18.2 Å². The predicted octanol–water partition coefficient (Wildman–Crippen LogP) is 3.66. The Morgan fingerprint density at radius 3 is 2.49 bits per heavy atom. The van der Waals surface area contributed by atoms with Crippen LogP contribution in [0.25, 0.3) is 0 Å². The largest absolute Gasteiger partial charge is 0.463 e. The van der Waals surface area contributed by atoms with Crippen molar-refractivity contribution in [3.05, 3.63) is 82.1 Å². The summed E-state index contributed by atoms with van der Waals surface area (Å²) in [5.74, 6) is -0.412. The van der Waals surface area contributed by atoms with Gasteiger partial charge in [0.25, 0.3) is 5.91 Å². The number of urea groups is 1. The molecular formula is C29H36N4O4. The van der Waals surface area contributed by atoms with E-state index in [4.69, 9.17) is 4.74 Å². The molecule has 2 heterocycles. The number of rotatable bonds is 6. The molecule has 8 nitrogen and oxygen atoms in total. The Morgan fingerprint density at radius 2 is 1.81 bits per heavy atom. The molecule has 8 heteroatoms. The third-order valence-corrected chi connectivity index (χ3v) is 7.18. The highest BCUT2D eigenvalue weighted by molar-refractivity contribution is 5.95. The maximum absolute atomic E-state index is 13.3. The van der Waals surface area contributed by atoms with E-state index in [1.807, 2.05) is 74.2 Å². The van der Waals surface area contributed by atoms with Crippen LogP contribution in [0.3, 0.4) is 0 Å². The molecule has 2 aromatic carbocycles. The molecule has 0 saturated carbocycles. The summed E-state index contributed by atoms with van der Waals surface area (Å²) in [6.07, 6.45) is 0. The molecule has 37 heavy (non-hydrogen) atoms. The van der Waals surface area contributed by atoms with Crippen molar-refractivity contribution in [1.29, 1.82) is 0 Å². The number of carbonyl (C=O) groups excluding carboxylic acids is 3. The van der Waals surface area contributed by atoms with Crippen LogP contribution < -0.4 is 5.32 Å². The summed E-state index contributed by atoms with van der Waals surface area (Å²) in [6.45, 7) is 10.2. The van der Waals surface area contributed by atoms with Gasteiger partial charge in [-0.2, -0.15) is 0 Å². The van der Waals surface area contributed by atoms with Crippen LogP contribution in [0.4, 0.5) is 4.79 Å². The number of benzene rings is 2. The van der Waals surface area contributed by atoms with Crippen LogP contribution in [-0.2, 0) is 9.53 Å². The molecule has 0 aliphatic carbocycles. The highest BCUT2D eigenvalue weighted by Gasteiger charge is 2.39. The molecular weight excluding hydrogens is 468 g/mol. The standard InChI is InChI=1S/C29H36N4O4/c1-6-37-28(35)25-24(31(5)29(36)30-26(25)23-16-19(2)12-13-20(23)3)18-32-14-15-33(21(4)17-32)27(34)22-10-8-7-9-11-22/h7-13,16,21,26H,6,14-15,17-18H2,1-5H3,(H,30,36)/t21-,26+/m0/s1. The Morgan fingerprint density at radius 1 is 1.08 bits per heavy atom. The van der Waals surface area contributed by atoms with Crippen LogP contribution >= 0.6 is 0 Å². The minimum atomic E-state index is -0.601. The summed E-state index contributed by atoms with van der Waals surface area (Å²) in [4.78, 5) is 45.0. The van der Waals surface area contributed by atoms with E-state index in [-0.39, 0.29) is 24.6 Å². The number of amides is 3. The minimum Gasteiger partial charge on any atom is -0.463 e. The second-order valence-electron chi connectivity index (χ2n) is 9.83. The van der Waals surface area contributed by atoms with Crippen molar-refractivity contribution in [2.45, 2.75) is 39.8 Å². The van der Waals surface area contributed by atoms with Gasteiger partial charge in [-0.3, -0.25) is 14.6 Å². The first-order valence-corrected chi connectivity index (χ1v) is 12.8. The summed E-state index contributed by atoms with van der Waals surface area (Å²) < 4.78 is 5.48. The van der Waals surface area contributed by atoms with Crippen molar-refractivity contribution in [3.63, 3.8) is 0 Å². The SMILES string of the molecule is CCOC(=O)C1=C(CN2CCN(C(=O)c3ccccc3)[C@@H](C)C2)N(C)C(=O)N[C@@H]1c1cc(C)ccc1C. The molecule has 1 N–H and O–H groups in total. The molecule has 3 amide bonds. The van der Waals surface area contributed by atoms with E-state index in [1.165, 1.54) is 4.90 Å². The molecule has 2 aliphatic rings. The molecule has 4 rings (SSSR count). The van der Waals surface area contributed by atoms with Gasteiger partial charge >= 0.3 is 12.0 Å². The van der Waals surface area contributed by atoms with Gasteiger partial charge in [0.15, 0.2) is 0 Å². The van der Waals surface area contributed by atoms with Crippen LogP contribution in [0.2, 0.25) is 0 Å². The smallest absolute Gasteiger partial charge is 0.338 e. The maximum Gasteiger partial charge on any atom is 0.338 e. The first kappa shape index (κ1) is 26.4. The van der Waals surface area contributed by atoms with Gasteiger partial charge in [-0.15, -0.1) is 0 Å². The first-order chi connectivity index (χ1) is 17.7. The molecule has 196 valence electrons. The zero-order chi connectivity index (χ0) is 26.7. The average Bonchev–Trinajstić information content (AvgIpc) is 2.88. The monoisotopic (exact) mass is 504 g/mol. The number of nitrogens with one attached hydrogen (secondary N) is 1. The molecule has 1 fully saturated rings. The van der Waals surface area contributed by atoms with Gasteiger partial charge in [0, 0.05) is 50.5 Å². The molecule has 0 unspecified atom stereocenters. The van der Waals surface area contributed by atoms with Crippen LogP contribution in [0, 0.1) is 13.8 Å². The molecule has 0 spiro atoms. The highest BCUT2D eigenvalue weighted by atomic mass is 16.5. The number of aryl methyl sites for hydroxylation is 2. The summed E-state index contributed by atoms with van der Waals surface area (Å²) in [6, 6.07) is 14.4. The number of piperazine rings is 1. The summed E-state index contributed by atoms with van der Waals surface area (Å²) in [5, 5.41) is 3.01. The molecule has 0 radical (unpaired) electrons. The Balaban J connectivity index is 1.63. The average molecular weight is 505 g/mol. The van der Waals surface area contributed by atoms with Crippen molar-refractivity contribution in [1.82, 2.24) is 20.0 Å². The van der Waals surface area contributed by atoms with Gasteiger partial charge in [-0.1, -0.05) is 42.0 Å². The van der Waals surface area contributed by atoms with Crippen LogP contribution in [0.15, 0.2) is 59.8 Å². The lowest BCUT2D eigenvalue weighted by Gasteiger charge is -2.42. The normalized spacial score (nSPS) is 20.6. The van der Waals surface area contributed by atoms with Crippen molar-refractivity contribution in [3.8, 4) is 0 Å². The Kier molecular flexibility index (Phi) is 7.97. The molecule has 1 saturated heterocycles. The molecule has 0 bridgehead atoms. The van der Waals surface area contributed by atoms with Crippen LogP contribution in [-0.4, -0.2) is 78.5 Å². The topological polar surface area (TPSA) is 82.2 Å². The lowest BCUT2D eigenvalue weighted by Crippen LogP contribution is -2.56. The van der Waals surface area contributed by atoms with Gasteiger partial charge in [-0.05, 0) is 51.0 Å². The van der Waals surface area contributed by atoms with E-state index in [0.717, 1.165) is 16.7 Å². The number of nitrogens with zero attached hydrogens (tertiary/aromatic N) is 3. The fourth-order valence-corrected chi connectivity index (χ4v) is 5.14. The van der Waals surface area contributed by atoms with Gasteiger partial charge in [0.2, 0.25) is 0 Å². The first-order valence-electron chi connectivity index (χ1n) is 12.8. The molecule has 2 aliphatic heterocycles. The third kappa shape index (κ3) is 5.54. The third-order valence-electron chi connectivity index (χ3n) is 7.18. The van der Waals surface area contributed by atoms with E-state index in [9.17, 15) is 14.4 Å². The Bertz CT molecular complexity index is 1210. The number of likely N-dealkylation sites (N-methyl/N-ethyl adjacent to an activating group) is 1. The Hall–Kier alpha value is -3.65. The van der Waals surface area contributed by atoms with Gasteiger partial charge < -0.3 is 15.0 Å². The number of carbonyl (C=O) groups is 3. The zero-order valence-electron chi connectivity index (χ0n) is 22.3. The van der Waals surface area contributed by atoms with Gasteiger partial charge in [0.1, 0.15) is 0 Å². The van der Waals surface area contributed by atoms with Crippen LogP contribution in [0.5, 0.6) is 0 Å². The fraction of sp³-hybridized carbons (Fsp3) is 0.414. The molecule has 0 aromatic heterocycles. The highest BCUT2D eigenvalue weighted by Crippen LogP contribution is 2.33.